The van der Waals surface area contributed by atoms with Crippen molar-refractivity contribution in [2.45, 2.75) is 94.6 Å². The van der Waals surface area contributed by atoms with E-state index in [1.165, 1.54) is 23.3 Å². The molecule has 5 nitrogen and oxygen atoms in total. The van der Waals surface area contributed by atoms with Crippen molar-refractivity contribution in [3.05, 3.63) is 57.5 Å². The number of hydrogen-bond donors (Lipinski definition) is 2. The average molecular weight is 482 g/mol. The standard InChI is InChI=1S/C20H27NO4S.C3H8.2C2H6/c1-6-14(4)12-16(11-13(2)3)25-15(5)17-7-8-18(26-17)20(24)21-10-9-19(22)23;1-3-2;2*1-2/h7-8,11-12,15H,2,6,9-10H2,1,3-5H3,(H,21,24)(H,22,23);3H2,1-2H3;2*1-2H3/b14-12+,16-11+;;;. The molecule has 2 N–H and O–H groups in total. The predicted molar refractivity (Wildman–Crippen MR) is 144 cm³/mol. The monoisotopic (exact) mass is 481 g/mol. The van der Waals surface area contributed by atoms with Gasteiger partial charge in [0, 0.05) is 11.4 Å². The normalized spacial score (nSPS) is 11.3. The molecular weight excluding hydrogens is 434 g/mol. The molecule has 0 aromatic carbocycles. The topological polar surface area (TPSA) is 75.6 Å². The molecule has 1 aromatic rings. The number of carbonyl (C=O) groups is 2. The van der Waals surface area contributed by atoms with Gasteiger partial charge in [-0.2, -0.15) is 0 Å². The van der Waals surface area contributed by atoms with E-state index >= 15 is 0 Å². The Morgan fingerprint density at radius 3 is 2.12 bits per heavy atom. The molecule has 6 heteroatoms. The van der Waals surface area contributed by atoms with E-state index in [1.807, 2.05) is 66.7 Å². The van der Waals surface area contributed by atoms with E-state index in [9.17, 15) is 9.59 Å². The third-order valence-electron chi connectivity index (χ3n) is 3.52. The zero-order valence-electron chi connectivity index (χ0n) is 22.5. The fourth-order valence-electron chi connectivity index (χ4n) is 2.02. The molecule has 0 spiro atoms. The first-order valence-electron chi connectivity index (χ1n) is 11.9. The number of carboxylic acid groups (broad SMARTS) is 1. The van der Waals surface area contributed by atoms with Gasteiger partial charge in [0.1, 0.15) is 11.9 Å². The smallest absolute Gasteiger partial charge is 0.305 e. The summed E-state index contributed by atoms with van der Waals surface area (Å²) in [6.45, 7) is 24.2. The fourth-order valence-corrected chi connectivity index (χ4v) is 2.93. The van der Waals surface area contributed by atoms with Gasteiger partial charge in [-0.1, -0.05) is 72.6 Å². The SMILES string of the molecule is C=C(C)/C=C(\C=C(/C)CC)OC(C)c1ccc(C(=O)NCCC(=O)O)s1.CC.CC.CCC. The van der Waals surface area contributed by atoms with Crippen LogP contribution in [0.1, 0.15) is 109 Å². The summed E-state index contributed by atoms with van der Waals surface area (Å²) in [6, 6.07) is 3.58. The molecule has 1 heterocycles. The first-order chi connectivity index (χ1) is 15.6. The van der Waals surface area contributed by atoms with E-state index in [0.717, 1.165) is 22.6 Å². The van der Waals surface area contributed by atoms with Crippen molar-refractivity contribution in [3.63, 3.8) is 0 Å². The lowest BCUT2D eigenvalue weighted by Gasteiger charge is -2.15. The summed E-state index contributed by atoms with van der Waals surface area (Å²) in [7, 11) is 0. The number of carbonyl (C=O) groups excluding carboxylic acids is 1. The number of nitrogens with one attached hydrogen (secondary N) is 1. The number of aliphatic carboxylic acids is 1. The van der Waals surface area contributed by atoms with Crippen LogP contribution in [-0.4, -0.2) is 23.5 Å². The molecule has 0 saturated heterocycles. The highest BCUT2D eigenvalue weighted by atomic mass is 32.1. The van der Waals surface area contributed by atoms with Crippen molar-refractivity contribution < 1.29 is 19.4 Å². The number of amides is 1. The van der Waals surface area contributed by atoms with Crippen LogP contribution in [0.5, 0.6) is 0 Å². The van der Waals surface area contributed by atoms with Crippen LogP contribution in [0.25, 0.3) is 0 Å². The van der Waals surface area contributed by atoms with Gasteiger partial charge in [-0.25, -0.2) is 0 Å². The molecule has 1 rings (SSSR count). The highest BCUT2D eigenvalue weighted by Gasteiger charge is 2.15. The maximum Gasteiger partial charge on any atom is 0.305 e. The summed E-state index contributed by atoms with van der Waals surface area (Å²) < 4.78 is 6.05. The minimum absolute atomic E-state index is 0.0956. The van der Waals surface area contributed by atoms with E-state index < -0.39 is 5.97 Å². The van der Waals surface area contributed by atoms with Crippen molar-refractivity contribution in [1.82, 2.24) is 5.32 Å². The van der Waals surface area contributed by atoms with Gasteiger partial charge in [-0.05, 0) is 51.5 Å². The molecule has 1 unspecified atom stereocenters. The fraction of sp³-hybridized carbons (Fsp3) is 0.556. The number of carboxylic acids is 1. The highest BCUT2D eigenvalue weighted by Crippen LogP contribution is 2.28. The van der Waals surface area contributed by atoms with Gasteiger partial charge in [-0.3, -0.25) is 9.59 Å². The Hall–Kier alpha value is -2.34. The van der Waals surface area contributed by atoms with Crippen molar-refractivity contribution in [1.29, 1.82) is 0 Å². The van der Waals surface area contributed by atoms with Gasteiger partial charge in [0.25, 0.3) is 5.91 Å². The number of hydrogen-bond acceptors (Lipinski definition) is 4. The Kier molecular flexibility index (Phi) is 24.4. The molecule has 1 atom stereocenters. The molecule has 190 valence electrons. The van der Waals surface area contributed by atoms with Gasteiger partial charge in [0.2, 0.25) is 0 Å². The first kappa shape index (κ1) is 35.3. The predicted octanol–water partition coefficient (Wildman–Crippen LogP) is 8.32. The van der Waals surface area contributed by atoms with E-state index in [0.29, 0.717) is 4.88 Å². The minimum Gasteiger partial charge on any atom is -0.485 e. The van der Waals surface area contributed by atoms with E-state index in [4.69, 9.17) is 9.84 Å². The highest BCUT2D eigenvalue weighted by molar-refractivity contribution is 7.14. The Morgan fingerprint density at radius 2 is 1.67 bits per heavy atom. The lowest BCUT2D eigenvalue weighted by Crippen LogP contribution is -2.25. The average Bonchev–Trinajstić information content (AvgIpc) is 3.27. The second-order valence-corrected chi connectivity index (χ2v) is 7.92. The largest absolute Gasteiger partial charge is 0.485 e. The molecule has 1 amide bonds. The second kappa shape index (κ2) is 22.8. The maximum atomic E-state index is 12.0. The van der Waals surface area contributed by atoms with Crippen LogP contribution >= 0.6 is 11.3 Å². The van der Waals surface area contributed by atoms with Crippen molar-refractivity contribution in [2.24, 2.45) is 0 Å². The molecule has 0 saturated carbocycles. The summed E-state index contributed by atoms with van der Waals surface area (Å²) in [5.41, 5.74) is 2.10. The van der Waals surface area contributed by atoms with Gasteiger partial charge >= 0.3 is 5.97 Å². The number of thiophene rings is 1. The third-order valence-corrected chi connectivity index (χ3v) is 4.77. The summed E-state index contributed by atoms with van der Waals surface area (Å²) >= 11 is 1.34. The molecule has 0 fully saturated rings. The van der Waals surface area contributed by atoms with Gasteiger partial charge in [-0.15, -0.1) is 11.3 Å². The van der Waals surface area contributed by atoms with Gasteiger partial charge in [0.05, 0.1) is 11.3 Å². The molecule has 1 aromatic heterocycles. The maximum absolute atomic E-state index is 12.0. The number of allylic oxidation sites excluding steroid dienone is 4. The van der Waals surface area contributed by atoms with E-state index in [1.54, 1.807) is 6.07 Å². The Morgan fingerprint density at radius 1 is 1.12 bits per heavy atom. The molecule has 0 aliphatic heterocycles. The van der Waals surface area contributed by atoms with Crippen LogP contribution in [-0.2, 0) is 9.53 Å². The van der Waals surface area contributed by atoms with Crippen LogP contribution < -0.4 is 5.32 Å². The minimum atomic E-state index is -0.938. The van der Waals surface area contributed by atoms with E-state index in [2.05, 4.69) is 32.7 Å². The molecule has 0 bridgehead atoms. The molecular formula is C27H47NO4S. The molecule has 0 aliphatic carbocycles. The number of rotatable bonds is 10. The van der Waals surface area contributed by atoms with Crippen LogP contribution in [0.2, 0.25) is 0 Å². The summed E-state index contributed by atoms with van der Waals surface area (Å²) in [5.74, 6) is -0.467. The zero-order valence-corrected chi connectivity index (χ0v) is 23.3. The Balaban J connectivity index is -0.00000115. The summed E-state index contributed by atoms with van der Waals surface area (Å²) in [6.07, 6.45) is 5.76. The lowest BCUT2D eigenvalue weighted by atomic mass is 10.2. The van der Waals surface area contributed by atoms with Crippen LogP contribution in [0.4, 0.5) is 0 Å². The van der Waals surface area contributed by atoms with Crippen molar-refractivity contribution in [2.75, 3.05) is 6.54 Å². The number of ether oxygens (including phenoxy) is 1. The Bertz CT molecular complexity index is 732. The Labute approximate surface area is 206 Å². The quantitative estimate of drug-likeness (QED) is 0.260. The van der Waals surface area contributed by atoms with Crippen LogP contribution in [0.15, 0.2) is 47.8 Å². The summed E-state index contributed by atoms with van der Waals surface area (Å²) in [5, 5.41) is 11.2. The van der Waals surface area contributed by atoms with E-state index in [-0.39, 0.29) is 25.0 Å². The van der Waals surface area contributed by atoms with Gasteiger partial charge < -0.3 is 15.2 Å². The van der Waals surface area contributed by atoms with Crippen molar-refractivity contribution >= 4 is 23.2 Å². The van der Waals surface area contributed by atoms with Gasteiger partial charge in [0.15, 0.2) is 0 Å². The molecule has 33 heavy (non-hydrogen) atoms. The first-order valence-corrected chi connectivity index (χ1v) is 12.8. The molecule has 0 radical (unpaired) electrons. The zero-order chi connectivity index (χ0) is 26.4. The second-order valence-electron chi connectivity index (χ2n) is 6.81. The van der Waals surface area contributed by atoms with Crippen molar-refractivity contribution in [3.8, 4) is 0 Å². The third kappa shape index (κ3) is 18.9. The summed E-state index contributed by atoms with van der Waals surface area (Å²) in [4.78, 5) is 24.0. The van der Waals surface area contributed by atoms with Crippen LogP contribution in [0, 0.1) is 0 Å². The molecule has 0 aliphatic rings. The van der Waals surface area contributed by atoms with Crippen LogP contribution in [0.3, 0.4) is 0 Å². The lowest BCUT2D eigenvalue weighted by molar-refractivity contribution is -0.136.